The molecule has 0 aliphatic rings. The van der Waals surface area contributed by atoms with Gasteiger partial charge >= 0.3 is 0 Å². The Bertz CT molecular complexity index is 658. The maximum Gasteiger partial charge on any atom is 0.283 e. The number of hydrogen-bond donors (Lipinski definition) is 1. The van der Waals surface area contributed by atoms with Crippen molar-refractivity contribution in [1.29, 1.82) is 0 Å². The van der Waals surface area contributed by atoms with Crippen LogP contribution < -0.4 is 5.32 Å². The first-order chi connectivity index (χ1) is 9.99. The molecule has 0 unspecified atom stereocenters. The van der Waals surface area contributed by atoms with Gasteiger partial charge in [-0.3, -0.25) is 10.1 Å². The first-order valence-corrected chi connectivity index (χ1v) is 7.50. The molecule has 5 heteroatoms. The van der Waals surface area contributed by atoms with E-state index in [1.165, 1.54) is 17.2 Å². The molecule has 0 bridgehead atoms. The van der Waals surface area contributed by atoms with E-state index in [9.17, 15) is 10.1 Å². The molecule has 1 atom stereocenters. The van der Waals surface area contributed by atoms with Crippen molar-refractivity contribution in [2.75, 3.05) is 0 Å². The van der Waals surface area contributed by atoms with Gasteiger partial charge in [-0.15, -0.1) is 0 Å². The lowest BCUT2D eigenvalue weighted by molar-refractivity contribution is -0.385. The van der Waals surface area contributed by atoms with Gasteiger partial charge in [0.25, 0.3) is 5.69 Å². The number of nitro groups is 1. The molecular formula is C16H17BrN2O2. The fraction of sp³-hybridized carbons (Fsp3) is 0.250. The predicted octanol–water partition coefficient (Wildman–Crippen LogP) is 4.52. The number of rotatable bonds is 5. The molecule has 0 amide bonds. The summed E-state index contributed by atoms with van der Waals surface area (Å²) in [6, 6.07) is 13.6. The minimum atomic E-state index is -0.377. The molecule has 2 aromatic carbocycles. The summed E-state index contributed by atoms with van der Waals surface area (Å²) in [6.07, 6.45) is 0. The second-order valence-corrected chi connectivity index (χ2v) is 5.82. The average Bonchev–Trinajstić information content (AvgIpc) is 2.45. The van der Waals surface area contributed by atoms with Crippen LogP contribution in [0.15, 0.2) is 46.9 Å². The molecular weight excluding hydrogens is 332 g/mol. The summed E-state index contributed by atoms with van der Waals surface area (Å²) in [6.45, 7) is 4.71. The van der Waals surface area contributed by atoms with Crippen LogP contribution in [0, 0.1) is 17.0 Å². The molecule has 0 fully saturated rings. The molecule has 4 nitrogen and oxygen atoms in total. The van der Waals surface area contributed by atoms with E-state index >= 15 is 0 Å². The van der Waals surface area contributed by atoms with Crippen molar-refractivity contribution in [2.45, 2.75) is 26.4 Å². The van der Waals surface area contributed by atoms with E-state index in [2.05, 4.69) is 53.3 Å². The fourth-order valence-electron chi connectivity index (χ4n) is 2.16. The third kappa shape index (κ3) is 3.89. The lowest BCUT2D eigenvalue weighted by Crippen LogP contribution is -2.18. The molecule has 0 radical (unpaired) electrons. The van der Waals surface area contributed by atoms with Crippen LogP contribution in [-0.4, -0.2) is 4.92 Å². The second kappa shape index (κ2) is 6.83. The van der Waals surface area contributed by atoms with Crippen molar-refractivity contribution < 1.29 is 4.92 Å². The zero-order valence-electron chi connectivity index (χ0n) is 12.0. The van der Waals surface area contributed by atoms with E-state index in [-0.39, 0.29) is 16.7 Å². The molecule has 21 heavy (non-hydrogen) atoms. The molecule has 110 valence electrons. The van der Waals surface area contributed by atoms with Crippen LogP contribution in [0.5, 0.6) is 0 Å². The Labute approximate surface area is 132 Å². The third-order valence-electron chi connectivity index (χ3n) is 3.40. The minimum absolute atomic E-state index is 0.0949. The lowest BCUT2D eigenvalue weighted by Gasteiger charge is -2.15. The molecule has 2 aromatic rings. The lowest BCUT2D eigenvalue weighted by atomic mass is 10.1. The van der Waals surface area contributed by atoms with Gasteiger partial charge in [0.05, 0.1) is 9.40 Å². The second-order valence-electron chi connectivity index (χ2n) is 5.02. The van der Waals surface area contributed by atoms with Crippen molar-refractivity contribution in [2.24, 2.45) is 0 Å². The van der Waals surface area contributed by atoms with Crippen LogP contribution in [0.25, 0.3) is 0 Å². The molecule has 1 N–H and O–H groups in total. The van der Waals surface area contributed by atoms with Gasteiger partial charge in [-0.05, 0) is 40.9 Å². The molecule has 0 saturated carbocycles. The summed E-state index contributed by atoms with van der Waals surface area (Å²) < 4.78 is 0.541. The highest BCUT2D eigenvalue weighted by molar-refractivity contribution is 9.10. The van der Waals surface area contributed by atoms with Crippen LogP contribution >= 0.6 is 15.9 Å². The number of nitro benzene ring substituents is 1. The number of benzene rings is 2. The first kappa shape index (κ1) is 15.7. The molecule has 0 heterocycles. The molecule has 0 aliphatic heterocycles. The van der Waals surface area contributed by atoms with Crippen LogP contribution in [0.1, 0.15) is 29.7 Å². The van der Waals surface area contributed by atoms with E-state index in [1.807, 2.05) is 12.1 Å². The van der Waals surface area contributed by atoms with E-state index in [1.54, 1.807) is 6.07 Å². The van der Waals surface area contributed by atoms with Gasteiger partial charge in [-0.1, -0.05) is 42.0 Å². The van der Waals surface area contributed by atoms with Crippen molar-refractivity contribution >= 4 is 21.6 Å². The van der Waals surface area contributed by atoms with E-state index in [0.29, 0.717) is 11.0 Å². The van der Waals surface area contributed by atoms with Gasteiger partial charge in [0.1, 0.15) is 0 Å². The maximum atomic E-state index is 10.9. The summed E-state index contributed by atoms with van der Waals surface area (Å²) in [4.78, 5) is 10.5. The fourth-order valence-corrected chi connectivity index (χ4v) is 2.71. The quantitative estimate of drug-likeness (QED) is 0.638. The Hall–Kier alpha value is -1.72. The molecule has 0 spiro atoms. The summed E-state index contributed by atoms with van der Waals surface area (Å²) in [5.41, 5.74) is 3.40. The van der Waals surface area contributed by atoms with E-state index in [4.69, 9.17) is 0 Å². The molecule has 0 aromatic heterocycles. The minimum Gasteiger partial charge on any atom is -0.306 e. The average molecular weight is 349 g/mol. The third-order valence-corrected chi connectivity index (χ3v) is 4.31. The van der Waals surface area contributed by atoms with Crippen molar-refractivity contribution in [3.8, 4) is 0 Å². The zero-order chi connectivity index (χ0) is 15.4. The monoisotopic (exact) mass is 348 g/mol. The highest BCUT2D eigenvalue weighted by Crippen LogP contribution is 2.28. The molecule has 2 rings (SSSR count). The summed E-state index contributed by atoms with van der Waals surface area (Å²) in [5.74, 6) is 0. The number of aryl methyl sites for hydroxylation is 1. The number of nitrogens with zero attached hydrogens (tertiary/aromatic N) is 1. The normalized spacial score (nSPS) is 12.1. The standard InChI is InChI=1S/C16H17BrN2O2/c1-11-5-3-6-13(9-11)12(2)18-10-14-7-4-8-15(16(14)17)19(20)21/h3-9,12,18H,10H2,1-2H3/t12-/m1/s1. The Morgan fingerprint density at radius 1 is 1.29 bits per heavy atom. The maximum absolute atomic E-state index is 10.9. The summed E-state index contributed by atoms with van der Waals surface area (Å²) in [7, 11) is 0. The number of hydrogen-bond acceptors (Lipinski definition) is 3. The van der Waals surface area contributed by atoms with Crippen molar-refractivity contribution in [3.63, 3.8) is 0 Å². The summed E-state index contributed by atoms with van der Waals surface area (Å²) >= 11 is 3.32. The zero-order valence-corrected chi connectivity index (χ0v) is 13.6. The van der Waals surface area contributed by atoms with Crippen LogP contribution in [0.3, 0.4) is 0 Å². The highest BCUT2D eigenvalue weighted by atomic mass is 79.9. The smallest absolute Gasteiger partial charge is 0.283 e. The topological polar surface area (TPSA) is 55.2 Å². The van der Waals surface area contributed by atoms with Crippen LogP contribution in [0.4, 0.5) is 5.69 Å². The molecule has 0 aliphatic carbocycles. The van der Waals surface area contributed by atoms with Gasteiger partial charge < -0.3 is 5.32 Å². The van der Waals surface area contributed by atoms with E-state index in [0.717, 1.165) is 5.56 Å². The molecule has 0 saturated heterocycles. The predicted molar refractivity (Wildman–Crippen MR) is 87.2 cm³/mol. The SMILES string of the molecule is Cc1cccc([C@@H](C)NCc2cccc([N+](=O)[O-])c2Br)c1. The summed E-state index contributed by atoms with van der Waals surface area (Å²) in [5, 5.41) is 14.3. The first-order valence-electron chi connectivity index (χ1n) is 6.70. The van der Waals surface area contributed by atoms with Crippen molar-refractivity contribution in [1.82, 2.24) is 5.32 Å². The Balaban J connectivity index is 2.10. The van der Waals surface area contributed by atoms with Gasteiger partial charge in [0.2, 0.25) is 0 Å². The van der Waals surface area contributed by atoms with Crippen LogP contribution in [0.2, 0.25) is 0 Å². The number of halogens is 1. The largest absolute Gasteiger partial charge is 0.306 e. The van der Waals surface area contributed by atoms with E-state index < -0.39 is 0 Å². The van der Waals surface area contributed by atoms with Gasteiger partial charge in [-0.25, -0.2) is 0 Å². The Morgan fingerprint density at radius 2 is 2.00 bits per heavy atom. The highest BCUT2D eigenvalue weighted by Gasteiger charge is 2.15. The van der Waals surface area contributed by atoms with Crippen molar-refractivity contribution in [3.05, 3.63) is 73.7 Å². The van der Waals surface area contributed by atoms with Crippen LogP contribution in [-0.2, 0) is 6.54 Å². The Morgan fingerprint density at radius 3 is 2.67 bits per heavy atom. The number of nitrogens with one attached hydrogen (secondary N) is 1. The van der Waals surface area contributed by atoms with Gasteiger partial charge in [0.15, 0.2) is 0 Å². The van der Waals surface area contributed by atoms with Gasteiger partial charge in [-0.2, -0.15) is 0 Å². The Kier molecular flexibility index (Phi) is 5.09. The van der Waals surface area contributed by atoms with Gasteiger partial charge in [0, 0.05) is 18.7 Å².